The van der Waals surface area contributed by atoms with E-state index in [2.05, 4.69) is 35.7 Å². The highest BCUT2D eigenvalue weighted by Gasteiger charge is 2.31. The van der Waals surface area contributed by atoms with E-state index in [1.54, 1.807) is 0 Å². The van der Waals surface area contributed by atoms with Crippen LogP contribution in [0.2, 0.25) is 0 Å². The second-order valence-corrected chi connectivity index (χ2v) is 10.2. The summed E-state index contributed by atoms with van der Waals surface area (Å²) in [6.45, 7) is 13.8. The molecule has 7 heteroatoms. The van der Waals surface area contributed by atoms with Crippen LogP contribution in [0.1, 0.15) is 60.3 Å². The van der Waals surface area contributed by atoms with Crippen LogP contribution in [0.4, 0.5) is 16.6 Å². The lowest BCUT2D eigenvalue weighted by Crippen LogP contribution is -2.38. The molecule has 7 nitrogen and oxygen atoms in total. The number of carbonyl (C=O) groups excluding carboxylic acids is 1. The quantitative estimate of drug-likeness (QED) is 0.762. The number of likely N-dealkylation sites (tertiary alicyclic amines) is 1. The van der Waals surface area contributed by atoms with E-state index in [0.717, 1.165) is 50.7 Å². The van der Waals surface area contributed by atoms with Crippen molar-refractivity contribution in [2.75, 3.05) is 43.0 Å². The predicted octanol–water partition coefficient (Wildman–Crippen LogP) is 3.94. The molecule has 3 heterocycles. The van der Waals surface area contributed by atoms with Gasteiger partial charge in [0.15, 0.2) is 0 Å². The smallest absolute Gasteiger partial charge is 0.410 e. The second-order valence-electron chi connectivity index (χ2n) is 10.2. The summed E-state index contributed by atoms with van der Waals surface area (Å²) >= 11 is 0. The molecule has 3 rings (SSSR count). The first kappa shape index (κ1) is 21.7. The minimum absolute atomic E-state index is 0.207. The zero-order valence-corrected chi connectivity index (χ0v) is 18.9. The summed E-state index contributed by atoms with van der Waals surface area (Å²) in [6, 6.07) is 2.33. The van der Waals surface area contributed by atoms with Crippen molar-refractivity contribution in [3.8, 4) is 0 Å². The molecule has 162 valence electrons. The van der Waals surface area contributed by atoms with Gasteiger partial charge in [-0.05, 0) is 57.9 Å². The Balaban J connectivity index is 1.63. The van der Waals surface area contributed by atoms with Gasteiger partial charge in [-0.1, -0.05) is 13.8 Å². The van der Waals surface area contributed by atoms with Gasteiger partial charge in [0.25, 0.3) is 0 Å². The van der Waals surface area contributed by atoms with E-state index in [9.17, 15) is 4.79 Å². The third-order valence-electron chi connectivity index (χ3n) is 5.85. The van der Waals surface area contributed by atoms with Gasteiger partial charge in [0, 0.05) is 45.5 Å². The Kier molecular flexibility index (Phi) is 6.24. The fourth-order valence-electron chi connectivity index (χ4n) is 4.13. The van der Waals surface area contributed by atoms with Gasteiger partial charge < -0.3 is 19.4 Å². The average molecular weight is 404 g/mol. The van der Waals surface area contributed by atoms with Crippen molar-refractivity contribution in [1.82, 2.24) is 14.9 Å². The van der Waals surface area contributed by atoms with Crippen molar-refractivity contribution in [1.29, 1.82) is 0 Å². The van der Waals surface area contributed by atoms with Crippen molar-refractivity contribution in [3.63, 3.8) is 0 Å². The number of carbonyl (C=O) groups is 1. The molecule has 0 aromatic carbocycles. The van der Waals surface area contributed by atoms with Crippen LogP contribution in [-0.2, 0) is 4.74 Å². The van der Waals surface area contributed by atoms with Gasteiger partial charge >= 0.3 is 6.09 Å². The van der Waals surface area contributed by atoms with E-state index in [-0.39, 0.29) is 6.09 Å². The first-order chi connectivity index (χ1) is 13.5. The number of rotatable bonds is 3. The summed E-state index contributed by atoms with van der Waals surface area (Å²) in [7, 11) is 2.10. The highest BCUT2D eigenvalue weighted by atomic mass is 16.6. The molecular formula is C22H37N5O2. The molecule has 1 amide bonds. The summed E-state index contributed by atoms with van der Waals surface area (Å²) < 4.78 is 5.55. The molecule has 1 unspecified atom stereocenters. The Labute approximate surface area is 175 Å². The van der Waals surface area contributed by atoms with Gasteiger partial charge in [0.05, 0.1) is 0 Å². The van der Waals surface area contributed by atoms with Crippen LogP contribution in [0.15, 0.2) is 12.3 Å². The van der Waals surface area contributed by atoms with Crippen LogP contribution < -0.4 is 9.80 Å². The van der Waals surface area contributed by atoms with Crippen molar-refractivity contribution >= 4 is 17.9 Å². The highest BCUT2D eigenvalue weighted by molar-refractivity contribution is 5.68. The molecule has 2 aliphatic heterocycles. The summed E-state index contributed by atoms with van der Waals surface area (Å²) in [6.07, 6.45) is 5.73. The number of aromatic nitrogens is 2. The molecule has 2 saturated heterocycles. The molecular weight excluding hydrogens is 366 g/mol. The number of hydrogen-bond donors (Lipinski definition) is 0. The molecule has 29 heavy (non-hydrogen) atoms. The molecule has 0 bridgehead atoms. The maximum atomic E-state index is 12.4. The minimum atomic E-state index is -0.457. The zero-order valence-electron chi connectivity index (χ0n) is 18.9. The molecule has 0 N–H and O–H groups in total. The number of amides is 1. The lowest BCUT2D eigenvalue weighted by atomic mass is 9.93. The van der Waals surface area contributed by atoms with E-state index in [4.69, 9.17) is 9.72 Å². The van der Waals surface area contributed by atoms with Gasteiger partial charge in [-0.25, -0.2) is 9.78 Å². The summed E-state index contributed by atoms with van der Waals surface area (Å²) in [5.74, 6) is 1.78. The minimum Gasteiger partial charge on any atom is -0.444 e. The Morgan fingerprint density at radius 1 is 1.24 bits per heavy atom. The molecule has 0 spiro atoms. The van der Waals surface area contributed by atoms with Gasteiger partial charge in [0.2, 0.25) is 5.95 Å². The lowest BCUT2D eigenvalue weighted by molar-refractivity contribution is 0.0256. The van der Waals surface area contributed by atoms with Crippen LogP contribution in [0.25, 0.3) is 0 Å². The fraction of sp³-hybridized carbons (Fsp3) is 0.773. The topological polar surface area (TPSA) is 61.8 Å². The van der Waals surface area contributed by atoms with E-state index < -0.39 is 5.60 Å². The van der Waals surface area contributed by atoms with Crippen molar-refractivity contribution in [3.05, 3.63) is 12.3 Å². The monoisotopic (exact) mass is 403 g/mol. The molecule has 0 saturated carbocycles. The maximum Gasteiger partial charge on any atom is 0.410 e. The van der Waals surface area contributed by atoms with Gasteiger partial charge in [0.1, 0.15) is 11.4 Å². The zero-order chi connectivity index (χ0) is 21.2. The SMILES string of the molecule is CN(c1ccnc(N2CCC(C)(C)C2)n1)C1CCCN(C(=O)OC(C)(C)C)CC1. The summed E-state index contributed by atoms with van der Waals surface area (Å²) in [4.78, 5) is 28.2. The van der Waals surface area contributed by atoms with Crippen LogP contribution in [0.5, 0.6) is 0 Å². The lowest BCUT2D eigenvalue weighted by Gasteiger charge is -2.29. The first-order valence-corrected chi connectivity index (χ1v) is 10.8. The number of hydrogen-bond acceptors (Lipinski definition) is 6. The Hall–Kier alpha value is -2.05. The van der Waals surface area contributed by atoms with Crippen LogP contribution >= 0.6 is 0 Å². The van der Waals surface area contributed by atoms with Gasteiger partial charge in [-0.3, -0.25) is 0 Å². The third kappa shape index (κ3) is 5.73. The second kappa shape index (κ2) is 8.36. The molecule has 0 aliphatic carbocycles. The summed E-state index contributed by atoms with van der Waals surface area (Å²) in [5, 5.41) is 0. The van der Waals surface area contributed by atoms with Crippen molar-refractivity contribution in [2.45, 2.75) is 71.9 Å². The van der Waals surface area contributed by atoms with Gasteiger partial charge in [-0.2, -0.15) is 4.98 Å². The number of ether oxygens (including phenoxy) is 1. The van der Waals surface area contributed by atoms with Crippen molar-refractivity contribution < 1.29 is 9.53 Å². The standard InChI is InChI=1S/C22H37N5O2/c1-21(2,3)29-20(28)26-13-7-8-17(10-14-26)25(6)18-9-12-23-19(24-18)27-15-11-22(4,5)16-27/h9,12,17H,7-8,10-11,13-16H2,1-6H3. The van der Waals surface area contributed by atoms with Crippen molar-refractivity contribution in [2.24, 2.45) is 5.41 Å². The molecule has 2 fully saturated rings. The predicted molar refractivity (Wildman–Crippen MR) is 116 cm³/mol. The van der Waals surface area contributed by atoms with E-state index >= 15 is 0 Å². The van der Waals surface area contributed by atoms with Crippen LogP contribution in [-0.4, -0.2) is 65.8 Å². The largest absolute Gasteiger partial charge is 0.444 e. The van der Waals surface area contributed by atoms with E-state index in [1.807, 2.05) is 37.9 Å². The molecule has 2 aliphatic rings. The summed E-state index contributed by atoms with van der Waals surface area (Å²) in [5.41, 5.74) is -0.140. The third-order valence-corrected chi connectivity index (χ3v) is 5.85. The van der Waals surface area contributed by atoms with Crippen LogP contribution in [0, 0.1) is 5.41 Å². The normalized spacial score (nSPS) is 22.3. The number of anilines is 2. The number of nitrogens with zero attached hydrogens (tertiary/aromatic N) is 5. The maximum absolute atomic E-state index is 12.4. The fourth-order valence-corrected chi connectivity index (χ4v) is 4.13. The molecule has 0 radical (unpaired) electrons. The molecule has 1 atom stereocenters. The van der Waals surface area contributed by atoms with E-state index in [0.29, 0.717) is 18.0 Å². The van der Waals surface area contributed by atoms with Gasteiger partial charge in [-0.15, -0.1) is 0 Å². The Morgan fingerprint density at radius 3 is 2.66 bits per heavy atom. The first-order valence-electron chi connectivity index (χ1n) is 10.8. The molecule has 1 aromatic rings. The van der Waals surface area contributed by atoms with Crippen LogP contribution in [0.3, 0.4) is 0 Å². The highest BCUT2D eigenvalue weighted by Crippen LogP contribution is 2.31. The Morgan fingerprint density at radius 2 is 2.00 bits per heavy atom. The average Bonchev–Trinajstić information content (AvgIpc) is 2.85. The van der Waals surface area contributed by atoms with E-state index in [1.165, 1.54) is 6.42 Å². The molecule has 1 aromatic heterocycles. The Bertz CT molecular complexity index is 715.